The van der Waals surface area contributed by atoms with Gasteiger partial charge in [0.2, 0.25) is 5.91 Å². The number of carbonyl (C=O) groups is 1. The average Bonchev–Trinajstić information content (AvgIpc) is 3.41. The van der Waals surface area contributed by atoms with Crippen LogP contribution in [-0.4, -0.2) is 40.4 Å². The van der Waals surface area contributed by atoms with Crippen molar-refractivity contribution in [3.05, 3.63) is 63.9 Å². The van der Waals surface area contributed by atoms with Gasteiger partial charge in [-0.25, -0.2) is 9.97 Å². The molecule has 2 aromatic carbocycles. The minimum Gasteiger partial charge on any atom is -0.325 e. The monoisotopic (exact) mass is 448 g/mol. The fourth-order valence-electron chi connectivity index (χ4n) is 4.06. The molecule has 2 aromatic heterocycles. The van der Waals surface area contributed by atoms with Crippen LogP contribution in [-0.2, 0) is 4.79 Å². The van der Waals surface area contributed by atoms with E-state index in [2.05, 4.69) is 33.4 Å². The molecule has 4 aromatic rings. The minimum absolute atomic E-state index is 0.0324. The number of hydrogen-bond acceptors (Lipinski definition) is 6. The number of benzene rings is 2. The maximum Gasteiger partial charge on any atom is 0.238 e. The molecule has 5 nitrogen and oxygen atoms in total. The number of hydrogen-bond donors (Lipinski definition) is 1. The van der Waals surface area contributed by atoms with Gasteiger partial charge < -0.3 is 5.32 Å². The van der Waals surface area contributed by atoms with E-state index >= 15 is 0 Å². The van der Waals surface area contributed by atoms with E-state index in [0.717, 1.165) is 53.4 Å². The van der Waals surface area contributed by atoms with Gasteiger partial charge in [0.25, 0.3) is 0 Å². The number of nitrogens with one attached hydrogen (secondary N) is 1. The summed E-state index contributed by atoms with van der Waals surface area (Å²) in [6.07, 6.45) is 2.09. The van der Waals surface area contributed by atoms with Gasteiger partial charge in [-0.2, -0.15) is 0 Å². The highest BCUT2D eigenvalue weighted by atomic mass is 32.1. The van der Waals surface area contributed by atoms with Gasteiger partial charge in [0, 0.05) is 22.5 Å². The van der Waals surface area contributed by atoms with E-state index < -0.39 is 0 Å². The van der Waals surface area contributed by atoms with E-state index in [4.69, 9.17) is 4.98 Å². The molecule has 1 N–H and O–H groups in total. The quantitative estimate of drug-likeness (QED) is 0.435. The van der Waals surface area contributed by atoms with Crippen LogP contribution in [0.2, 0.25) is 0 Å². The van der Waals surface area contributed by atoms with Crippen molar-refractivity contribution in [3.63, 3.8) is 0 Å². The molecular formula is C24H24N4OS2. The number of carbonyl (C=O) groups excluding carboxylic acids is 1. The Labute approximate surface area is 189 Å². The first-order valence-corrected chi connectivity index (χ1v) is 12.2. The molecule has 1 aliphatic rings. The SMILES string of the molecule is Cc1nc(-c2cccc(NC(=O)CN3CCC(c4nc5ccccc5s4)CC3)c2)cs1. The normalized spacial score (nSPS) is 15.4. The van der Waals surface area contributed by atoms with E-state index in [-0.39, 0.29) is 5.91 Å². The van der Waals surface area contributed by atoms with E-state index in [1.807, 2.05) is 54.0 Å². The Kier molecular flexibility index (Phi) is 5.80. The van der Waals surface area contributed by atoms with Gasteiger partial charge in [0.05, 0.1) is 32.5 Å². The van der Waals surface area contributed by atoms with Crippen molar-refractivity contribution in [2.75, 3.05) is 25.0 Å². The number of piperidine rings is 1. The van der Waals surface area contributed by atoms with Crippen LogP contribution in [0.4, 0.5) is 5.69 Å². The Morgan fingerprint density at radius 2 is 1.97 bits per heavy atom. The molecule has 1 fully saturated rings. The van der Waals surface area contributed by atoms with Crippen LogP contribution in [0.15, 0.2) is 53.9 Å². The van der Waals surface area contributed by atoms with Crippen molar-refractivity contribution < 1.29 is 4.79 Å². The topological polar surface area (TPSA) is 58.1 Å². The molecule has 7 heteroatoms. The van der Waals surface area contributed by atoms with Gasteiger partial charge in [-0.1, -0.05) is 24.3 Å². The molecule has 1 aliphatic heterocycles. The molecule has 0 unspecified atom stereocenters. The number of rotatable bonds is 5. The van der Waals surface area contributed by atoms with Gasteiger partial charge in [-0.3, -0.25) is 9.69 Å². The summed E-state index contributed by atoms with van der Waals surface area (Å²) in [6, 6.07) is 16.2. The second-order valence-corrected chi connectivity index (χ2v) is 10.1. The molecule has 31 heavy (non-hydrogen) atoms. The number of nitrogens with zero attached hydrogens (tertiary/aromatic N) is 3. The van der Waals surface area contributed by atoms with Crippen molar-refractivity contribution >= 4 is 44.5 Å². The molecule has 0 saturated carbocycles. The zero-order valence-electron chi connectivity index (χ0n) is 17.4. The molecule has 0 atom stereocenters. The van der Waals surface area contributed by atoms with Crippen LogP contribution in [0, 0.1) is 6.92 Å². The lowest BCUT2D eigenvalue weighted by molar-refractivity contribution is -0.117. The average molecular weight is 449 g/mol. The number of amides is 1. The second kappa shape index (κ2) is 8.86. The minimum atomic E-state index is 0.0324. The smallest absolute Gasteiger partial charge is 0.238 e. The van der Waals surface area contributed by atoms with Crippen molar-refractivity contribution in [1.82, 2.24) is 14.9 Å². The van der Waals surface area contributed by atoms with Crippen LogP contribution >= 0.6 is 22.7 Å². The lowest BCUT2D eigenvalue weighted by Gasteiger charge is -2.30. The summed E-state index contributed by atoms with van der Waals surface area (Å²) in [5.74, 6) is 0.528. The van der Waals surface area contributed by atoms with E-state index in [9.17, 15) is 4.79 Å². The summed E-state index contributed by atoms with van der Waals surface area (Å²) in [7, 11) is 0. The van der Waals surface area contributed by atoms with Crippen molar-refractivity contribution in [2.45, 2.75) is 25.7 Å². The van der Waals surface area contributed by atoms with Gasteiger partial charge in [-0.15, -0.1) is 22.7 Å². The van der Waals surface area contributed by atoms with E-state index in [1.54, 1.807) is 11.3 Å². The maximum atomic E-state index is 12.6. The molecule has 0 spiro atoms. The number of fused-ring (bicyclic) bond motifs is 1. The number of anilines is 1. The second-order valence-electron chi connectivity index (χ2n) is 7.95. The molecular weight excluding hydrogens is 424 g/mol. The summed E-state index contributed by atoms with van der Waals surface area (Å²) < 4.78 is 1.26. The van der Waals surface area contributed by atoms with Crippen molar-refractivity contribution in [3.8, 4) is 11.3 Å². The van der Waals surface area contributed by atoms with Gasteiger partial charge >= 0.3 is 0 Å². The third kappa shape index (κ3) is 4.69. The highest BCUT2D eigenvalue weighted by Gasteiger charge is 2.24. The highest BCUT2D eigenvalue weighted by molar-refractivity contribution is 7.18. The number of thiazole rings is 2. The van der Waals surface area contributed by atoms with Crippen LogP contribution in [0.5, 0.6) is 0 Å². The Balaban J connectivity index is 1.16. The molecule has 1 saturated heterocycles. The Bertz CT molecular complexity index is 1170. The van der Waals surface area contributed by atoms with Gasteiger partial charge in [0.1, 0.15) is 0 Å². The first kappa shape index (κ1) is 20.3. The first-order chi connectivity index (χ1) is 15.1. The highest BCUT2D eigenvalue weighted by Crippen LogP contribution is 2.33. The zero-order valence-corrected chi connectivity index (χ0v) is 19.0. The zero-order chi connectivity index (χ0) is 21.2. The van der Waals surface area contributed by atoms with Crippen LogP contribution in [0.25, 0.3) is 21.5 Å². The van der Waals surface area contributed by atoms with Crippen LogP contribution < -0.4 is 5.32 Å². The molecule has 0 bridgehead atoms. The van der Waals surface area contributed by atoms with Crippen LogP contribution in [0.1, 0.15) is 28.8 Å². The lowest BCUT2D eigenvalue weighted by atomic mass is 9.97. The number of para-hydroxylation sites is 1. The Hall–Kier alpha value is -2.61. The molecule has 0 radical (unpaired) electrons. The molecule has 158 valence electrons. The number of likely N-dealkylation sites (tertiary alicyclic amines) is 1. The molecule has 5 rings (SSSR count). The molecule has 1 amide bonds. The fraction of sp³-hybridized carbons (Fsp3) is 0.292. The number of aromatic nitrogens is 2. The summed E-state index contributed by atoms with van der Waals surface area (Å²) in [6.45, 7) is 4.27. The van der Waals surface area contributed by atoms with E-state index in [0.29, 0.717) is 12.5 Å². The summed E-state index contributed by atoms with van der Waals surface area (Å²) in [5, 5.41) is 7.38. The summed E-state index contributed by atoms with van der Waals surface area (Å²) in [5.41, 5.74) is 3.89. The molecule has 3 heterocycles. The maximum absolute atomic E-state index is 12.6. The van der Waals surface area contributed by atoms with E-state index in [1.165, 1.54) is 9.71 Å². The van der Waals surface area contributed by atoms with Gasteiger partial charge in [0.15, 0.2) is 0 Å². The van der Waals surface area contributed by atoms with Crippen molar-refractivity contribution in [2.24, 2.45) is 0 Å². The third-order valence-corrected chi connectivity index (χ3v) is 7.65. The first-order valence-electron chi connectivity index (χ1n) is 10.5. The standard InChI is InChI=1S/C24H24N4OS2/c1-16-25-21(15-30-16)18-5-4-6-19(13-18)26-23(29)14-28-11-9-17(10-12-28)24-27-20-7-2-3-8-22(20)31-24/h2-8,13,15,17H,9-12,14H2,1H3,(H,26,29). The lowest BCUT2D eigenvalue weighted by Crippen LogP contribution is -2.38. The largest absolute Gasteiger partial charge is 0.325 e. The Morgan fingerprint density at radius 1 is 1.13 bits per heavy atom. The van der Waals surface area contributed by atoms with Gasteiger partial charge in [-0.05, 0) is 57.1 Å². The summed E-state index contributed by atoms with van der Waals surface area (Å²) in [4.78, 5) is 24.2. The predicted octanol–water partition coefficient (Wildman–Crippen LogP) is 5.55. The number of aryl methyl sites for hydroxylation is 1. The molecule has 0 aliphatic carbocycles. The summed E-state index contributed by atoms with van der Waals surface area (Å²) >= 11 is 3.44. The Morgan fingerprint density at radius 3 is 2.74 bits per heavy atom. The van der Waals surface area contributed by atoms with Crippen LogP contribution in [0.3, 0.4) is 0 Å². The fourth-order valence-corrected chi connectivity index (χ4v) is 5.82. The predicted molar refractivity (Wildman–Crippen MR) is 129 cm³/mol. The third-order valence-electron chi connectivity index (χ3n) is 5.68. The van der Waals surface area contributed by atoms with Crippen molar-refractivity contribution in [1.29, 1.82) is 0 Å².